The zero-order valence-corrected chi connectivity index (χ0v) is 29.7. The average Bonchev–Trinajstić information content (AvgIpc) is 3.95. The van der Waals surface area contributed by atoms with Crippen LogP contribution in [0.1, 0.15) is 22.8 Å². The van der Waals surface area contributed by atoms with Crippen molar-refractivity contribution in [3.05, 3.63) is 174 Å². The van der Waals surface area contributed by atoms with E-state index in [1.807, 2.05) is 0 Å². The van der Waals surface area contributed by atoms with Gasteiger partial charge in [-0.1, -0.05) is 109 Å². The maximum absolute atomic E-state index is 5.29. The molecule has 0 saturated heterocycles. The third kappa shape index (κ3) is 5.93. The molecule has 5 heterocycles. The first-order valence-electron chi connectivity index (χ1n) is 16.2. The van der Waals surface area contributed by atoms with Crippen molar-refractivity contribution in [3.8, 4) is 39.1 Å². The molecule has 230 valence electrons. The van der Waals surface area contributed by atoms with Crippen LogP contribution in [0, 0.1) is 41.7 Å². The van der Waals surface area contributed by atoms with Crippen molar-refractivity contribution in [2.24, 2.45) is 0 Å². The number of hydrogen-bond donors (Lipinski definition) is 1. The molecule has 1 N–H and O–H groups in total. The summed E-state index contributed by atoms with van der Waals surface area (Å²) in [5, 5.41) is 0. The number of aromatic nitrogens is 4. The van der Waals surface area contributed by atoms with Gasteiger partial charge in [0.2, 0.25) is 0 Å². The zero-order valence-electron chi connectivity index (χ0n) is 26.6. The van der Waals surface area contributed by atoms with E-state index < -0.39 is 0 Å². The van der Waals surface area contributed by atoms with Crippen molar-refractivity contribution in [2.75, 3.05) is 0 Å². The molecule has 0 aliphatic carbocycles. The quantitative estimate of drug-likeness (QED) is 0.194. The Bertz CT molecular complexity index is 2530. The largest absolute Gasteiger partial charge is 0.355 e. The smallest absolute Gasteiger partial charge is 0.0737 e. The van der Waals surface area contributed by atoms with Gasteiger partial charge in [-0.25, -0.2) is 9.97 Å². The van der Waals surface area contributed by atoms with Gasteiger partial charge in [-0.3, -0.25) is 0 Å². The predicted molar refractivity (Wildman–Crippen MR) is 200 cm³/mol. The van der Waals surface area contributed by atoms with Crippen LogP contribution in [0.4, 0.5) is 0 Å². The Balaban J connectivity index is 0.00000348. The summed E-state index contributed by atoms with van der Waals surface area (Å²) in [6.07, 6.45) is 8.44. The van der Waals surface area contributed by atoms with E-state index in [9.17, 15) is 0 Å². The molecular weight excluding hydrogens is 725 g/mol. The molecule has 2 aliphatic heterocycles. The van der Waals surface area contributed by atoms with E-state index in [1.54, 1.807) is 0 Å². The van der Waals surface area contributed by atoms with E-state index in [4.69, 9.17) is 9.97 Å². The molecule has 7 aromatic rings. The minimum absolute atomic E-state index is 0. The molecule has 5 heteroatoms. The molecule has 0 radical (unpaired) electrons. The summed E-state index contributed by atoms with van der Waals surface area (Å²) in [6, 6.07) is 53.3. The maximum atomic E-state index is 5.29. The van der Waals surface area contributed by atoms with Gasteiger partial charge in [0.15, 0.2) is 0 Å². The van der Waals surface area contributed by atoms with Gasteiger partial charge in [0.25, 0.3) is 0 Å². The number of nitrogens with zero attached hydrogens (tertiary/aromatic N) is 3. The van der Waals surface area contributed by atoms with Crippen LogP contribution in [0.2, 0.25) is 0 Å². The second-order valence-corrected chi connectivity index (χ2v) is 12.0. The van der Waals surface area contributed by atoms with E-state index in [1.165, 1.54) is 0 Å². The van der Waals surface area contributed by atoms with Crippen LogP contribution < -0.4 is 0 Å². The second kappa shape index (κ2) is 13.4. The topological polar surface area (TPSA) is 46.5 Å². The number of nitrogens with one attached hydrogen (secondary N) is 1. The molecule has 0 unspecified atom stereocenters. The number of benzene rings is 4. The molecule has 2 aliphatic rings. The average molecular weight is 755 g/mol. The second-order valence-electron chi connectivity index (χ2n) is 12.0. The Morgan fingerprint density at radius 2 is 0.898 bits per heavy atom. The normalized spacial score (nSPS) is 11.8. The molecule has 0 atom stereocenters. The predicted octanol–water partition coefficient (Wildman–Crippen LogP) is 11.1. The summed E-state index contributed by atoms with van der Waals surface area (Å²) in [6.45, 7) is 0. The first kappa shape index (κ1) is 31.1. The maximum Gasteiger partial charge on any atom is 0.0737 e. The summed E-state index contributed by atoms with van der Waals surface area (Å²) < 4.78 is 2.41. The summed E-state index contributed by atoms with van der Waals surface area (Å²) in [5.41, 5.74) is 15.4. The Labute approximate surface area is 318 Å². The molecule has 4 aromatic carbocycles. The first-order chi connectivity index (χ1) is 23.8. The van der Waals surface area contributed by atoms with Gasteiger partial charge in [-0.05, 0) is 83.5 Å². The van der Waals surface area contributed by atoms with Gasteiger partial charge in [0, 0.05) is 75.2 Å². The Hall–Kier alpha value is -5.14. The van der Waals surface area contributed by atoms with E-state index in [0.29, 0.717) is 0 Å². The van der Waals surface area contributed by atoms with Crippen LogP contribution >= 0.6 is 0 Å². The summed E-state index contributed by atoms with van der Waals surface area (Å²) in [7, 11) is 0. The fourth-order valence-electron chi connectivity index (χ4n) is 6.81. The van der Waals surface area contributed by atoms with Crippen molar-refractivity contribution in [3.63, 3.8) is 0 Å². The van der Waals surface area contributed by atoms with Crippen molar-refractivity contribution < 1.29 is 41.7 Å². The van der Waals surface area contributed by atoms with E-state index in [-0.39, 0.29) is 41.7 Å². The van der Waals surface area contributed by atoms with E-state index >= 15 is 0 Å². The number of para-hydroxylation sites is 1. The molecule has 49 heavy (non-hydrogen) atoms. The first-order valence-corrected chi connectivity index (χ1v) is 16.2. The van der Waals surface area contributed by atoms with E-state index in [2.05, 4.69) is 186 Å². The molecule has 0 fully saturated rings. The van der Waals surface area contributed by atoms with Crippen LogP contribution in [0.25, 0.3) is 85.4 Å². The van der Waals surface area contributed by atoms with Crippen molar-refractivity contribution in [1.29, 1.82) is 0 Å². The Morgan fingerprint density at radius 3 is 1.49 bits per heavy atom. The molecule has 0 spiro atoms. The van der Waals surface area contributed by atoms with Gasteiger partial charge < -0.3 is 9.55 Å². The van der Waals surface area contributed by atoms with Crippen molar-refractivity contribution in [2.45, 2.75) is 0 Å². The monoisotopic (exact) mass is 754 g/mol. The zero-order chi connectivity index (χ0) is 31.9. The Morgan fingerprint density at radius 1 is 0.429 bits per heavy atom. The van der Waals surface area contributed by atoms with Crippen LogP contribution in [0.3, 0.4) is 0 Å². The number of fused-ring (bicyclic) bond motifs is 8. The van der Waals surface area contributed by atoms with Crippen molar-refractivity contribution >= 4 is 46.4 Å². The van der Waals surface area contributed by atoms with Gasteiger partial charge in [-0.15, -0.1) is 0 Å². The third-order valence-corrected chi connectivity index (χ3v) is 8.87. The fraction of sp³-hybridized carbons (Fsp3) is 0. The van der Waals surface area contributed by atoms with Crippen LogP contribution in [0.5, 0.6) is 0 Å². The van der Waals surface area contributed by atoms with Crippen LogP contribution in [0.15, 0.2) is 152 Å². The van der Waals surface area contributed by atoms with Gasteiger partial charge in [-0.2, -0.15) is 0 Å². The minimum Gasteiger partial charge on any atom is -0.355 e. The standard InChI is InChI=1S/C44H30N4.Ce/c1-5-13-30(14-6-1)41-39-26-25-36(47-39)28-35-22-21-33(45-35)27-34-23-24-37(46-34)29-40-42(31-15-7-2-8-16-31)43(32-17-9-3-10-18-32)44(41)48(40)38-19-11-4-12-20-38;/h1-29,45H;. The molecule has 4 nitrogen and oxygen atoms in total. The van der Waals surface area contributed by atoms with Crippen LogP contribution in [-0.2, 0) is 0 Å². The molecule has 9 rings (SSSR count). The molecular formula is C44H30CeN4. The van der Waals surface area contributed by atoms with Gasteiger partial charge >= 0.3 is 0 Å². The van der Waals surface area contributed by atoms with Gasteiger partial charge in [0.05, 0.1) is 33.8 Å². The van der Waals surface area contributed by atoms with E-state index in [0.717, 1.165) is 83.9 Å². The number of aromatic amines is 1. The molecule has 0 saturated carbocycles. The molecule has 8 bridgehead atoms. The number of H-pyrrole nitrogens is 1. The summed E-state index contributed by atoms with van der Waals surface area (Å²) >= 11 is 0. The third-order valence-electron chi connectivity index (χ3n) is 8.87. The number of rotatable bonds is 4. The molecule has 0 amide bonds. The fourth-order valence-corrected chi connectivity index (χ4v) is 6.81. The van der Waals surface area contributed by atoms with Crippen LogP contribution in [-0.4, -0.2) is 19.5 Å². The Kier molecular flexibility index (Phi) is 8.52. The SMILES string of the molecule is C1=Cc2cc3c(-c4ccccc4)c(-c4ccccc4)c(c(-c4ccccc4)c4nc(cc5ccc(cc1n2)[nH]5)C=C4)n3-c1ccccc1.[Ce]. The molecule has 3 aromatic heterocycles. The number of hydrogen-bond acceptors (Lipinski definition) is 2. The summed E-state index contributed by atoms with van der Waals surface area (Å²) in [5.74, 6) is 0. The minimum atomic E-state index is 0. The van der Waals surface area contributed by atoms with Crippen molar-refractivity contribution in [1.82, 2.24) is 19.5 Å². The van der Waals surface area contributed by atoms with Gasteiger partial charge in [0.1, 0.15) is 0 Å². The summed E-state index contributed by atoms with van der Waals surface area (Å²) in [4.78, 5) is 13.9.